The summed E-state index contributed by atoms with van der Waals surface area (Å²) in [7, 11) is 0. The molecule has 2 aliphatic rings. The fourth-order valence-electron chi connectivity index (χ4n) is 4.16. The summed E-state index contributed by atoms with van der Waals surface area (Å²) < 4.78 is 1.07. The van der Waals surface area contributed by atoms with Crippen LogP contribution in [0.1, 0.15) is 41.5 Å². The molecule has 0 saturated carbocycles. The zero-order valence-corrected chi connectivity index (χ0v) is 13.9. The third kappa shape index (κ3) is 2.15. The molecule has 0 radical (unpaired) electrons. The first-order chi connectivity index (χ1) is 11.8. The van der Waals surface area contributed by atoms with E-state index in [-0.39, 0.29) is 18.0 Å². The molecule has 2 atom stereocenters. The van der Waals surface area contributed by atoms with Gasteiger partial charge in [0.05, 0.1) is 28.7 Å². The van der Waals surface area contributed by atoms with E-state index in [4.69, 9.17) is 0 Å². The van der Waals surface area contributed by atoms with Crippen molar-refractivity contribution in [3.05, 3.63) is 41.7 Å². The van der Waals surface area contributed by atoms with Crippen LogP contribution in [0.2, 0.25) is 0 Å². The maximum absolute atomic E-state index is 13.1. The van der Waals surface area contributed by atoms with Gasteiger partial charge in [-0.25, -0.2) is 4.98 Å². The van der Waals surface area contributed by atoms with E-state index in [9.17, 15) is 4.79 Å². The van der Waals surface area contributed by atoms with Gasteiger partial charge in [0.1, 0.15) is 0 Å². The van der Waals surface area contributed by atoms with E-state index in [0.29, 0.717) is 11.0 Å². The Bertz CT molecular complexity index is 842. The first-order valence-corrected chi connectivity index (χ1v) is 9.15. The number of para-hydroxylation sites is 1. The molecule has 1 aromatic carbocycles. The predicted molar refractivity (Wildman–Crippen MR) is 90.9 cm³/mol. The molecule has 2 unspecified atom stereocenters. The summed E-state index contributed by atoms with van der Waals surface area (Å²) in [6.07, 6.45) is 7.45. The fourth-order valence-corrected chi connectivity index (χ4v) is 5.07. The third-order valence-electron chi connectivity index (χ3n) is 5.18. The van der Waals surface area contributed by atoms with Gasteiger partial charge in [-0.1, -0.05) is 12.1 Å². The minimum Gasteiger partial charge on any atom is -0.330 e. The summed E-state index contributed by atoms with van der Waals surface area (Å²) >= 11 is 1.50. The lowest BCUT2D eigenvalue weighted by Crippen LogP contribution is -2.47. The van der Waals surface area contributed by atoms with Gasteiger partial charge in [0.2, 0.25) is 0 Å². The number of amides is 1. The second-order valence-corrected chi connectivity index (χ2v) is 7.59. The Balaban J connectivity index is 1.42. The molecule has 1 amide bonds. The van der Waals surface area contributed by atoms with E-state index in [0.717, 1.165) is 35.9 Å². The number of rotatable bonds is 2. The summed E-state index contributed by atoms with van der Waals surface area (Å²) in [4.78, 5) is 21.5. The molecule has 122 valence electrons. The molecule has 0 spiro atoms. The molecular weight excluding hydrogens is 322 g/mol. The molecule has 2 fully saturated rings. The highest BCUT2D eigenvalue weighted by Gasteiger charge is 2.45. The van der Waals surface area contributed by atoms with Gasteiger partial charge in [-0.05, 0) is 37.8 Å². The highest BCUT2D eigenvalue weighted by Crippen LogP contribution is 2.41. The number of thiazole rings is 1. The van der Waals surface area contributed by atoms with Crippen molar-refractivity contribution in [2.24, 2.45) is 0 Å². The van der Waals surface area contributed by atoms with Gasteiger partial charge in [-0.3, -0.25) is 4.79 Å². The van der Waals surface area contributed by atoms with Crippen molar-refractivity contribution in [3.63, 3.8) is 0 Å². The van der Waals surface area contributed by atoms with E-state index in [1.807, 2.05) is 29.1 Å². The molecule has 0 N–H and O–H groups in total. The Morgan fingerprint density at radius 3 is 2.46 bits per heavy atom. The standard InChI is InChI=1S/C17H17N5OS/c23-17(16-20-14-3-1-2-4-15(14)24-16)21-11-5-6-12(21)10-13(9-11)22-18-7-8-19-22/h1-4,7-8,11-13H,5-6,9-10H2. The summed E-state index contributed by atoms with van der Waals surface area (Å²) in [5.74, 6) is 0.0931. The smallest absolute Gasteiger partial charge is 0.283 e. The molecule has 7 heteroatoms. The van der Waals surface area contributed by atoms with Crippen LogP contribution < -0.4 is 0 Å². The van der Waals surface area contributed by atoms with Crippen LogP contribution in [0.5, 0.6) is 0 Å². The number of benzene rings is 1. The van der Waals surface area contributed by atoms with Crippen molar-refractivity contribution in [1.29, 1.82) is 0 Å². The van der Waals surface area contributed by atoms with Gasteiger partial charge in [-0.15, -0.1) is 11.3 Å². The number of hydrogen-bond acceptors (Lipinski definition) is 5. The van der Waals surface area contributed by atoms with Crippen molar-refractivity contribution in [2.75, 3.05) is 0 Å². The number of nitrogens with zero attached hydrogens (tertiary/aromatic N) is 5. The van der Waals surface area contributed by atoms with Gasteiger partial charge in [0, 0.05) is 12.1 Å². The molecule has 2 bridgehead atoms. The van der Waals surface area contributed by atoms with Gasteiger partial charge in [0.25, 0.3) is 5.91 Å². The molecule has 2 aromatic heterocycles. The molecule has 2 aliphatic heterocycles. The minimum absolute atomic E-state index is 0.0931. The number of piperidine rings is 1. The monoisotopic (exact) mass is 339 g/mol. The van der Waals surface area contributed by atoms with Crippen LogP contribution in [-0.2, 0) is 0 Å². The SMILES string of the molecule is O=C(c1nc2ccccc2s1)N1C2CCC1CC(n1nccn1)C2. The second kappa shape index (κ2) is 5.37. The first kappa shape index (κ1) is 14.1. The molecule has 2 saturated heterocycles. The lowest BCUT2D eigenvalue weighted by molar-refractivity contribution is 0.0512. The lowest BCUT2D eigenvalue weighted by atomic mass is 9.98. The molecule has 3 aromatic rings. The van der Waals surface area contributed by atoms with Crippen LogP contribution in [0.25, 0.3) is 10.2 Å². The normalized spacial score (nSPS) is 26.2. The topological polar surface area (TPSA) is 63.9 Å². The largest absolute Gasteiger partial charge is 0.330 e. The zero-order chi connectivity index (χ0) is 16.1. The second-order valence-electron chi connectivity index (χ2n) is 6.56. The van der Waals surface area contributed by atoms with Crippen molar-refractivity contribution >= 4 is 27.5 Å². The Morgan fingerprint density at radius 2 is 1.75 bits per heavy atom. The molecule has 24 heavy (non-hydrogen) atoms. The number of hydrogen-bond donors (Lipinski definition) is 0. The van der Waals surface area contributed by atoms with Gasteiger partial charge < -0.3 is 4.90 Å². The summed E-state index contributed by atoms with van der Waals surface area (Å²) in [6.45, 7) is 0. The molecular formula is C17H17N5OS. The molecule has 0 aliphatic carbocycles. The number of aromatic nitrogens is 4. The van der Waals surface area contributed by atoms with Crippen LogP contribution >= 0.6 is 11.3 Å². The summed E-state index contributed by atoms with van der Waals surface area (Å²) in [5.41, 5.74) is 0.911. The maximum atomic E-state index is 13.1. The van der Waals surface area contributed by atoms with Crippen LogP contribution in [-0.4, -0.2) is 42.9 Å². The number of carbonyl (C=O) groups excluding carboxylic acids is 1. The van der Waals surface area contributed by atoms with E-state index in [1.165, 1.54) is 11.3 Å². The van der Waals surface area contributed by atoms with Crippen LogP contribution in [0, 0.1) is 0 Å². The zero-order valence-electron chi connectivity index (χ0n) is 13.1. The first-order valence-electron chi connectivity index (χ1n) is 8.33. The average molecular weight is 339 g/mol. The van der Waals surface area contributed by atoms with E-state index >= 15 is 0 Å². The Hall–Kier alpha value is -2.28. The van der Waals surface area contributed by atoms with E-state index in [1.54, 1.807) is 12.4 Å². The number of carbonyl (C=O) groups is 1. The highest BCUT2D eigenvalue weighted by molar-refractivity contribution is 7.20. The molecule has 5 rings (SSSR count). The van der Waals surface area contributed by atoms with Crippen molar-refractivity contribution in [3.8, 4) is 0 Å². The number of fused-ring (bicyclic) bond motifs is 3. The van der Waals surface area contributed by atoms with Crippen molar-refractivity contribution in [1.82, 2.24) is 24.9 Å². The quantitative estimate of drug-likeness (QED) is 0.720. The summed E-state index contributed by atoms with van der Waals surface area (Å²) in [5, 5.41) is 9.19. The maximum Gasteiger partial charge on any atom is 0.283 e. The van der Waals surface area contributed by atoms with Crippen LogP contribution in [0.15, 0.2) is 36.7 Å². The van der Waals surface area contributed by atoms with Crippen LogP contribution in [0.3, 0.4) is 0 Å². The molecule has 6 nitrogen and oxygen atoms in total. The Labute approximate surface area is 143 Å². The Kier molecular flexibility index (Phi) is 3.16. The van der Waals surface area contributed by atoms with E-state index < -0.39 is 0 Å². The minimum atomic E-state index is 0.0931. The fraction of sp³-hybridized carbons (Fsp3) is 0.412. The van der Waals surface area contributed by atoms with Crippen molar-refractivity contribution < 1.29 is 4.79 Å². The van der Waals surface area contributed by atoms with E-state index in [2.05, 4.69) is 20.1 Å². The predicted octanol–water partition coefficient (Wildman–Crippen LogP) is 2.90. The lowest BCUT2D eigenvalue weighted by Gasteiger charge is -2.38. The van der Waals surface area contributed by atoms with Gasteiger partial charge in [-0.2, -0.15) is 15.0 Å². The Morgan fingerprint density at radius 1 is 1.04 bits per heavy atom. The van der Waals surface area contributed by atoms with Crippen molar-refractivity contribution in [2.45, 2.75) is 43.8 Å². The van der Waals surface area contributed by atoms with Gasteiger partial charge >= 0.3 is 0 Å². The van der Waals surface area contributed by atoms with Gasteiger partial charge in [0.15, 0.2) is 5.01 Å². The van der Waals surface area contributed by atoms with Crippen LogP contribution in [0.4, 0.5) is 0 Å². The molecule has 4 heterocycles. The highest BCUT2D eigenvalue weighted by atomic mass is 32.1. The summed E-state index contributed by atoms with van der Waals surface area (Å²) in [6, 6.07) is 8.79. The average Bonchev–Trinajstić information content (AvgIpc) is 3.32. The third-order valence-corrected chi connectivity index (χ3v) is 6.21.